The summed E-state index contributed by atoms with van der Waals surface area (Å²) < 4.78 is 10.7. The van der Waals surface area contributed by atoms with Gasteiger partial charge in [0, 0.05) is 25.2 Å². The zero-order valence-corrected chi connectivity index (χ0v) is 17.0. The minimum absolute atomic E-state index is 0.0575. The fourth-order valence-corrected chi connectivity index (χ4v) is 3.29. The van der Waals surface area contributed by atoms with Gasteiger partial charge in [-0.25, -0.2) is 4.79 Å². The van der Waals surface area contributed by atoms with Gasteiger partial charge in [0.15, 0.2) is 0 Å². The lowest BCUT2D eigenvalue weighted by atomic mass is 9.91. The molecule has 0 bridgehead atoms. The summed E-state index contributed by atoms with van der Waals surface area (Å²) in [4.78, 5) is 26.6. The fraction of sp³-hybridized carbons (Fsp3) is 0.619. The summed E-state index contributed by atoms with van der Waals surface area (Å²) in [6.45, 7) is 10.6. The molecule has 1 amide bonds. The molecule has 1 aliphatic heterocycles. The van der Waals surface area contributed by atoms with E-state index in [9.17, 15) is 9.59 Å². The monoisotopic (exact) mass is 376 g/mol. The third-order valence-corrected chi connectivity index (χ3v) is 4.62. The largest absolute Gasteiger partial charge is 0.466 e. The highest BCUT2D eigenvalue weighted by Gasteiger charge is 2.38. The average Bonchev–Trinajstić information content (AvgIpc) is 2.61. The molecular weight excluding hydrogens is 344 g/mol. The maximum Gasteiger partial charge on any atom is 0.410 e. The zero-order valence-electron chi connectivity index (χ0n) is 17.0. The van der Waals surface area contributed by atoms with Crippen LogP contribution in [-0.4, -0.2) is 48.3 Å². The van der Waals surface area contributed by atoms with Crippen LogP contribution in [0.3, 0.4) is 0 Å². The molecule has 0 aliphatic carbocycles. The normalized spacial score (nSPS) is 21.4. The van der Waals surface area contributed by atoms with Crippen molar-refractivity contribution in [3.05, 3.63) is 35.9 Å². The Balaban J connectivity index is 2.08. The van der Waals surface area contributed by atoms with Crippen molar-refractivity contribution in [2.24, 2.45) is 5.92 Å². The smallest absolute Gasteiger partial charge is 0.410 e. The van der Waals surface area contributed by atoms with Crippen LogP contribution >= 0.6 is 0 Å². The van der Waals surface area contributed by atoms with Crippen LogP contribution in [0.25, 0.3) is 0 Å². The summed E-state index contributed by atoms with van der Waals surface area (Å²) in [5, 5.41) is 3.55. The number of rotatable bonds is 5. The van der Waals surface area contributed by atoms with Crippen LogP contribution in [-0.2, 0) is 14.3 Å². The number of nitrogens with zero attached hydrogens (tertiary/aromatic N) is 1. The first kappa shape index (κ1) is 21.2. The SMILES string of the molecule is CCOC(=O)C1CN(C(=O)OC(C)(C)C)CCC1N[C@H](C)c1ccccc1. The maximum atomic E-state index is 12.5. The molecule has 1 fully saturated rings. The van der Waals surface area contributed by atoms with Gasteiger partial charge >= 0.3 is 12.1 Å². The first-order chi connectivity index (χ1) is 12.7. The Kier molecular flexibility index (Phi) is 7.25. The van der Waals surface area contributed by atoms with Crippen molar-refractivity contribution >= 4 is 12.1 Å². The van der Waals surface area contributed by atoms with E-state index in [1.54, 1.807) is 11.8 Å². The predicted octanol–water partition coefficient (Wildman–Crippen LogP) is 3.53. The Morgan fingerprint density at radius 3 is 2.52 bits per heavy atom. The number of carbonyl (C=O) groups is 2. The summed E-state index contributed by atoms with van der Waals surface area (Å²) in [5.74, 6) is -0.694. The van der Waals surface area contributed by atoms with E-state index < -0.39 is 11.5 Å². The Morgan fingerprint density at radius 2 is 1.93 bits per heavy atom. The number of hydrogen-bond donors (Lipinski definition) is 1. The number of benzene rings is 1. The molecule has 1 heterocycles. The van der Waals surface area contributed by atoms with Gasteiger partial charge in [0.1, 0.15) is 5.60 Å². The maximum absolute atomic E-state index is 12.5. The molecule has 2 unspecified atom stereocenters. The summed E-state index contributed by atoms with van der Waals surface area (Å²) >= 11 is 0. The third kappa shape index (κ3) is 6.24. The third-order valence-electron chi connectivity index (χ3n) is 4.62. The highest BCUT2D eigenvalue weighted by atomic mass is 16.6. The van der Waals surface area contributed by atoms with Gasteiger partial charge in [0.2, 0.25) is 0 Å². The molecule has 1 saturated heterocycles. The number of hydrogen-bond acceptors (Lipinski definition) is 5. The molecule has 0 aromatic heterocycles. The van der Waals surface area contributed by atoms with Crippen molar-refractivity contribution < 1.29 is 19.1 Å². The number of likely N-dealkylation sites (tertiary alicyclic amines) is 1. The molecule has 0 radical (unpaired) electrons. The highest BCUT2D eigenvalue weighted by Crippen LogP contribution is 2.24. The molecule has 1 N–H and O–H groups in total. The lowest BCUT2D eigenvalue weighted by Gasteiger charge is -2.39. The van der Waals surface area contributed by atoms with Gasteiger partial charge in [-0.3, -0.25) is 4.79 Å². The second-order valence-electron chi connectivity index (χ2n) is 7.98. The lowest BCUT2D eigenvalue weighted by molar-refractivity contribution is -0.151. The fourth-order valence-electron chi connectivity index (χ4n) is 3.29. The van der Waals surface area contributed by atoms with Crippen LogP contribution in [0.2, 0.25) is 0 Å². The van der Waals surface area contributed by atoms with Crippen LogP contribution in [0, 0.1) is 5.92 Å². The first-order valence-electron chi connectivity index (χ1n) is 9.67. The van der Waals surface area contributed by atoms with Gasteiger partial charge < -0.3 is 19.7 Å². The molecule has 1 aromatic carbocycles. The molecule has 3 atom stereocenters. The molecule has 6 nitrogen and oxygen atoms in total. The molecule has 6 heteroatoms. The van der Waals surface area contributed by atoms with Gasteiger partial charge in [-0.15, -0.1) is 0 Å². The van der Waals surface area contributed by atoms with Crippen LogP contribution < -0.4 is 5.32 Å². The second-order valence-corrected chi connectivity index (χ2v) is 7.98. The Bertz CT molecular complexity index is 627. The van der Waals surface area contributed by atoms with Crippen molar-refractivity contribution in [3.63, 3.8) is 0 Å². The Hall–Kier alpha value is -2.08. The second kappa shape index (κ2) is 9.22. The van der Waals surface area contributed by atoms with Gasteiger partial charge in [-0.2, -0.15) is 0 Å². The van der Waals surface area contributed by atoms with Gasteiger partial charge in [0.05, 0.1) is 12.5 Å². The standard InChI is InChI=1S/C21H32N2O4/c1-6-26-19(24)17-14-23(20(25)27-21(3,4)5)13-12-18(17)22-15(2)16-10-8-7-9-11-16/h7-11,15,17-18,22H,6,12-14H2,1-5H3/t15-,17?,18?/m1/s1. The summed E-state index contributed by atoms with van der Waals surface area (Å²) in [5.41, 5.74) is 0.600. The van der Waals surface area contributed by atoms with Crippen molar-refractivity contribution in [3.8, 4) is 0 Å². The van der Waals surface area contributed by atoms with Crippen molar-refractivity contribution in [1.29, 1.82) is 0 Å². The molecule has 27 heavy (non-hydrogen) atoms. The highest BCUT2D eigenvalue weighted by molar-refractivity contribution is 5.76. The van der Waals surface area contributed by atoms with E-state index in [1.165, 1.54) is 0 Å². The zero-order chi connectivity index (χ0) is 20.0. The quantitative estimate of drug-likeness (QED) is 0.797. The molecular formula is C21H32N2O4. The van der Waals surface area contributed by atoms with E-state index in [1.807, 2.05) is 39.0 Å². The van der Waals surface area contributed by atoms with E-state index >= 15 is 0 Å². The molecule has 150 valence electrons. The molecule has 2 rings (SSSR count). The van der Waals surface area contributed by atoms with Crippen LogP contribution in [0.15, 0.2) is 30.3 Å². The van der Waals surface area contributed by atoms with Gasteiger partial charge in [-0.05, 0) is 46.6 Å². The van der Waals surface area contributed by atoms with Crippen LogP contribution in [0.1, 0.15) is 52.6 Å². The molecule has 1 aromatic rings. The minimum atomic E-state index is -0.562. The number of esters is 1. The Labute approximate surface area is 162 Å². The summed E-state index contributed by atoms with van der Waals surface area (Å²) in [6, 6.07) is 10.2. The topological polar surface area (TPSA) is 67.9 Å². The van der Waals surface area contributed by atoms with Crippen molar-refractivity contribution in [2.45, 2.75) is 58.7 Å². The van der Waals surface area contributed by atoms with Crippen molar-refractivity contribution in [2.75, 3.05) is 19.7 Å². The summed E-state index contributed by atoms with van der Waals surface area (Å²) in [7, 11) is 0. The van der Waals surface area contributed by atoms with Crippen LogP contribution in [0.5, 0.6) is 0 Å². The van der Waals surface area contributed by atoms with E-state index in [0.717, 1.165) is 5.56 Å². The van der Waals surface area contributed by atoms with Crippen molar-refractivity contribution in [1.82, 2.24) is 10.2 Å². The molecule has 1 aliphatic rings. The molecule has 0 saturated carbocycles. The number of nitrogens with one attached hydrogen (secondary N) is 1. The minimum Gasteiger partial charge on any atom is -0.466 e. The van der Waals surface area contributed by atoms with Gasteiger partial charge in [-0.1, -0.05) is 30.3 Å². The summed E-state index contributed by atoms with van der Waals surface area (Å²) in [6.07, 6.45) is 0.284. The first-order valence-corrected chi connectivity index (χ1v) is 9.67. The number of ether oxygens (including phenoxy) is 2. The number of carbonyl (C=O) groups excluding carboxylic acids is 2. The Morgan fingerprint density at radius 1 is 1.26 bits per heavy atom. The number of piperidine rings is 1. The van der Waals surface area contributed by atoms with E-state index in [2.05, 4.69) is 24.4 Å². The predicted molar refractivity (Wildman–Crippen MR) is 104 cm³/mol. The van der Waals surface area contributed by atoms with E-state index in [0.29, 0.717) is 26.1 Å². The lowest BCUT2D eigenvalue weighted by Crippen LogP contribution is -2.55. The molecule has 0 spiro atoms. The average molecular weight is 376 g/mol. The van der Waals surface area contributed by atoms with Gasteiger partial charge in [0.25, 0.3) is 0 Å². The van der Waals surface area contributed by atoms with Crippen LogP contribution in [0.4, 0.5) is 4.79 Å². The van der Waals surface area contributed by atoms with E-state index in [-0.39, 0.29) is 24.1 Å². The number of amides is 1. The van der Waals surface area contributed by atoms with E-state index in [4.69, 9.17) is 9.47 Å².